The maximum Gasteiger partial charge on any atom is 0.490 e. The Kier molecular flexibility index (Phi) is 8.97. The van der Waals surface area contributed by atoms with E-state index in [1.807, 2.05) is 54.6 Å². The molecule has 0 aliphatic rings. The van der Waals surface area contributed by atoms with Crippen LogP contribution in [0.1, 0.15) is 16.7 Å². The molecule has 0 saturated carbocycles. The maximum absolute atomic E-state index is 12.1. The summed E-state index contributed by atoms with van der Waals surface area (Å²) >= 11 is 0. The summed E-state index contributed by atoms with van der Waals surface area (Å²) in [6.45, 7) is 1.07. The number of nitrogens with two attached hydrogens (primary N) is 1. The van der Waals surface area contributed by atoms with Crippen molar-refractivity contribution in [1.82, 2.24) is 5.32 Å². The zero-order chi connectivity index (χ0) is 23.6. The Morgan fingerprint density at radius 2 is 1.25 bits per heavy atom. The van der Waals surface area contributed by atoms with Crippen molar-refractivity contribution in [3.63, 3.8) is 0 Å². The fourth-order valence-electron chi connectivity index (χ4n) is 2.69. The lowest BCUT2D eigenvalue weighted by Crippen LogP contribution is -2.24. The van der Waals surface area contributed by atoms with E-state index in [2.05, 4.69) is 29.6 Å². The Morgan fingerprint density at radius 3 is 1.75 bits per heavy atom. The van der Waals surface area contributed by atoms with Crippen LogP contribution in [0.2, 0.25) is 0 Å². The van der Waals surface area contributed by atoms with Crippen LogP contribution in [0, 0.1) is 0 Å². The van der Waals surface area contributed by atoms with Gasteiger partial charge in [0.25, 0.3) is 0 Å². The smallest absolute Gasteiger partial charge is 0.475 e. The second-order valence-electron chi connectivity index (χ2n) is 6.84. The van der Waals surface area contributed by atoms with Gasteiger partial charge in [-0.15, -0.1) is 0 Å². The Bertz CT molecular complexity index is 1000. The van der Waals surface area contributed by atoms with Crippen molar-refractivity contribution in [2.75, 3.05) is 0 Å². The minimum Gasteiger partial charge on any atom is -0.475 e. The van der Waals surface area contributed by atoms with Crippen molar-refractivity contribution in [3.05, 3.63) is 95.6 Å². The molecule has 0 bridgehead atoms. The highest BCUT2D eigenvalue weighted by molar-refractivity contribution is 5.78. The fourth-order valence-corrected chi connectivity index (χ4v) is 2.69. The molecule has 0 atom stereocenters. The number of benzene rings is 3. The summed E-state index contributed by atoms with van der Waals surface area (Å²) in [6.07, 6.45) is -4.70. The third-order valence-electron chi connectivity index (χ3n) is 4.42. The van der Waals surface area contributed by atoms with Crippen LogP contribution >= 0.6 is 0 Å². The molecule has 3 rings (SSSR count). The van der Waals surface area contributed by atoms with Crippen LogP contribution < -0.4 is 11.1 Å². The molecule has 8 heteroatoms. The van der Waals surface area contributed by atoms with E-state index >= 15 is 0 Å². The molecule has 0 radical (unpaired) electrons. The number of aliphatic carboxylic acids is 1. The van der Waals surface area contributed by atoms with Crippen LogP contribution in [-0.2, 0) is 29.1 Å². The van der Waals surface area contributed by atoms with Crippen molar-refractivity contribution >= 4 is 11.9 Å². The summed E-state index contributed by atoms with van der Waals surface area (Å²) in [4.78, 5) is 21.0. The Labute approximate surface area is 183 Å². The van der Waals surface area contributed by atoms with Crippen LogP contribution in [0.15, 0.2) is 78.9 Å². The molecule has 0 aliphatic heterocycles. The van der Waals surface area contributed by atoms with E-state index in [-0.39, 0.29) is 5.91 Å². The first kappa shape index (κ1) is 24.6. The number of alkyl halides is 3. The minimum atomic E-state index is -5.08. The Balaban J connectivity index is 0.000000451. The lowest BCUT2D eigenvalue weighted by molar-refractivity contribution is -0.192. The molecule has 0 aliphatic carbocycles. The molecule has 4 N–H and O–H groups in total. The van der Waals surface area contributed by atoms with Gasteiger partial charge in [0.15, 0.2) is 0 Å². The molecule has 3 aromatic rings. The number of hydrogen-bond acceptors (Lipinski definition) is 3. The molecule has 3 aromatic carbocycles. The molecule has 0 fully saturated rings. The highest BCUT2D eigenvalue weighted by atomic mass is 19.4. The molecule has 0 aromatic heterocycles. The van der Waals surface area contributed by atoms with Crippen molar-refractivity contribution in [2.45, 2.75) is 25.7 Å². The summed E-state index contributed by atoms with van der Waals surface area (Å²) in [7, 11) is 0. The molecule has 5 nitrogen and oxygen atoms in total. The summed E-state index contributed by atoms with van der Waals surface area (Å²) in [5, 5.41) is 10.1. The van der Waals surface area contributed by atoms with Gasteiger partial charge < -0.3 is 16.2 Å². The van der Waals surface area contributed by atoms with Crippen molar-refractivity contribution in [1.29, 1.82) is 0 Å². The Hall–Kier alpha value is -3.65. The molecule has 1 amide bonds. The predicted octanol–water partition coefficient (Wildman–Crippen LogP) is 4.30. The van der Waals surface area contributed by atoms with Gasteiger partial charge in [-0.05, 0) is 27.8 Å². The topological polar surface area (TPSA) is 92.4 Å². The summed E-state index contributed by atoms with van der Waals surface area (Å²) in [5.74, 6) is -2.73. The lowest BCUT2D eigenvalue weighted by atomic mass is 10.0. The van der Waals surface area contributed by atoms with Crippen LogP contribution in [0.25, 0.3) is 11.1 Å². The van der Waals surface area contributed by atoms with Crippen molar-refractivity contribution in [3.8, 4) is 11.1 Å². The van der Waals surface area contributed by atoms with Gasteiger partial charge in [0.2, 0.25) is 5.91 Å². The number of carbonyl (C=O) groups excluding carboxylic acids is 1. The van der Waals surface area contributed by atoms with Crippen LogP contribution in [0.4, 0.5) is 13.2 Å². The molecular weight excluding hydrogens is 421 g/mol. The molecule has 32 heavy (non-hydrogen) atoms. The number of rotatable bonds is 6. The molecule has 0 heterocycles. The zero-order valence-electron chi connectivity index (χ0n) is 17.1. The highest BCUT2D eigenvalue weighted by Crippen LogP contribution is 2.19. The summed E-state index contributed by atoms with van der Waals surface area (Å²) in [6, 6.07) is 26.3. The normalized spacial score (nSPS) is 10.6. The van der Waals surface area contributed by atoms with Crippen LogP contribution in [0.5, 0.6) is 0 Å². The summed E-state index contributed by atoms with van der Waals surface area (Å²) in [5.41, 5.74) is 11.1. The molecule has 0 unspecified atom stereocenters. The largest absolute Gasteiger partial charge is 0.490 e. The molecule has 0 saturated heterocycles. The quantitative estimate of drug-likeness (QED) is 0.529. The van der Waals surface area contributed by atoms with E-state index in [0.29, 0.717) is 19.5 Å². The van der Waals surface area contributed by atoms with Gasteiger partial charge in [0.1, 0.15) is 0 Å². The molecule has 0 spiro atoms. The van der Waals surface area contributed by atoms with E-state index < -0.39 is 12.1 Å². The zero-order valence-corrected chi connectivity index (χ0v) is 17.1. The number of carboxylic acid groups (broad SMARTS) is 1. The van der Waals surface area contributed by atoms with Crippen LogP contribution in [0.3, 0.4) is 0 Å². The number of carboxylic acids is 1. The lowest BCUT2D eigenvalue weighted by Gasteiger charge is -2.07. The standard InChI is InChI=1S/C22H22N2O.C2HF3O2/c23-15-18-6-8-19(9-7-18)16-24-22(25)14-17-10-12-21(13-11-17)20-4-2-1-3-5-20;3-2(4,5)1(6)7/h1-13H,14-16,23H2,(H,24,25);(H,6,7). The monoisotopic (exact) mass is 444 g/mol. The Morgan fingerprint density at radius 1 is 0.781 bits per heavy atom. The van der Waals surface area contributed by atoms with E-state index in [0.717, 1.165) is 22.3 Å². The van der Waals surface area contributed by atoms with Crippen LogP contribution in [-0.4, -0.2) is 23.2 Å². The van der Waals surface area contributed by atoms with Gasteiger partial charge in [-0.2, -0.15) is 13.2 Å². The van der Waals surface area contributed by atoms with Gasteiger partial charge in [-0.25, -0.2) is 4.79 Å². The number of nitrogens with one attached hydrogen (secondary N) is 1. The highest BCUT2D eigenvalue weighted by Gasteiger charge is 2.38. The number of amides is 1. The van der Waals surface area contributed by atoms with Gasteiger partial charge in [-0.3, -0.25) is 4.79 Å². The third-order valence-corrected chi connectivity index (χ3v) is 4.42. The minimum absolute atomic E-state index is 0.0235. The second-order valence-corrected chi connectivity index (χ2v) is 6.84. The van der Waals surface area contributed by atoms with E-state index in [9.17, 15) is 18.0 Å². The van der Waals surface area contributed by atoms with Crippen molar-refractivity contribution in [2.24, 2.45) is 5.73 Å². The molecule has 168 valence electrons. The van der Waals surface area contributed by atoms with Gasteiger partial charge in [-0.1, -0.05) is 78.9 Å². The second kappa shape index (κ2) is 11.7. The van der Waals surface area contributed by atoms with Gasteiger partial charge in [0.05, 0.1) is 6.42 Å². The predicted molar refractivity (Wildman–Crippen MR) is 115 cm³/mol. The fraction of sp³-hybridized carbons (Fsp3) is 0.167. The SMILES string of the molecule is NCc1ccc(CNC(=O)Cc2ccc(-c3ccccc3)cc2)cc1.O=C(O)C(F)(F)F. The van der Waals surface area contributed by atoms with E-state index in [1.54, 1.807) is 0 Å². The van der Waals surface area contributed by atoms with Gasteiger partial charge >= 0.3 is 12.1 Å². The molecular formula is C24H23F3N2O3. The number of hydrogen-bond donors (Lipinski definition) is 3. The average Bonchev–Trinajstić information content (AvgIpc) is 2.79. The third kappa shape index (κ3) is 8.23. The number of carbonyl (C=O) groups is 2. The maximum atomic E-state index is 12.1. The average molecular weight is 444 g/mol. The first-order valence-electron chi connectivity index (χ1n) is 9.68. The summed E-state index contributed by atoms with van der Waals surface area (Å²) < 4.78 is 31.7. The van der Waals surface area contributed by atoms with E-state index in [4.69, 9.17) is 15.6 Å². The van der Waals surface area contributed by atoms with Crippen molar-refractivity contribution < 1.29 is 27.9 Å². The number of halogens is 3. The first-order chi connectivity index (χ1) is 15.2. The first-order valence-corrected chi connectivity index (χ1v) is 9.68. The van der Waals surface area contributed by atoms with Gasteiger partial charge in [0, 0.05) is 13.1 Å². The van der Waals surface area contributed by atoms with E-state index in [1.165, 1.54) is 5.56 Å².